The van der Waals surface area contributed by atoms with E-state index in [2.05, 4.69) is 9.97 Å². The molecular weight excluding hydrogens is 285 g/mol. The Bertz CT molecular complexity index is 685. The van der Waals surface area contributed by atoms with Gasteiger partial charge in [-0.25, -0.2) is 14.4 Å². The highest BCUT2D eigenvalue weighted by Gasteiger charge is 2.25. The van der Waals surface area contributed by atoms with Crippen LogP contribution in [-0.2, 0) is 0 Å². The van der Waals surface area contributed by atoms with Crippen molar-refractivity contribution >= 4 is 17.4 Å². The average molecular weight is 301 g/mol. The van der Waals surface area contributed by atoms with Crippen LogP contribution < -0.4 is 10.6 Å². The van der Waals surface area contributed by atoms with E-state index in [1.807, 2.05) is 4.90 Å². The molecule has 1 fully saturated rings. The summed E-state index contributed by atoms with van der Waals surface area (Å²) < 4.78 is 13.8. The number of nitrogens with two attached hydrogens (primary N) is 1. The summed E-state index contributed by atoms with van der Waals surface area (Å²) in [4.78, 5) is 23.8. The Morgan fingerprint density at radius 2 is 1.77 bits per heavy atom. The second-order valence-corrected chi connectivity index (χ2v) is 5.02. The lowest BCUT2D eigenvalue weighted by atomic mass is 10.2. The third-order valence-corrected chi connectivity index (χ3v) is 3.69. The van der Waals surface area contributed by atoms with Crippen LogP contribution in [0.15, 0.2) is 36.7 Å². The van der Waals surface area contributed by atoms with Gasteiger partial charge in [-0.05, 0) is 12.1 Å². The van der Waals surface area contributed by atoms with E-state index in [0.29, 0.717) is 31.9 Å². The van der Waals surface area contributed by atoms with E-state index in [-0.39, 0.29) is 23.2 Å². The smallest absolute Gasteiger partial charge is 0.276 e. The zero-order valence-electron chi connectivity index (χ0n) is 11.9. The number of nitrogen functional groups attached to an aromatic ring is 1. The molecule has 1 aliphatic heterocycles. The molecule has 0 saturated carbocycles. The van der Waals surface area contributed by atoms with Gasteiger partial charge in [0.2, 0.25) is 0 Å². The molecule has 3 rings (SSSR count). The number of hydrogen-bond donors (Lipinski definition) is 1. The second kappa shape index (κ2) is 5.97. The first-order chi connectivity index (χ1) is 10.7. The van der Waals surface area contributed by atoms with E-state index < -0.39 is 0 Å². The molecule has 0 spiro atoms. The zero-order chi connectivity index (χ0) is 15.5. The van der Waals surface area contributed by atoms with Crippen molar-refractivity contribution in [2.75, 3.05) is 36.8 Å². The van der Waals surface area contributed by atoms with Gasteiger partial charge < -0.3 is 15.5 Å². The largest absolute Gasteiger partial charge is 0.382 e. The Hall–Kier alpha value is -2.70. The molecule has 2 N–H and O–H groups in total. The van der Waals surface area contributed by atoms with Gasteiger partial charge in [-0.3, -0.25) is 4.79 Å². The van der Waals surface area contributed by atoms with Crippen LogP contribution >= 0.6 is 0 Å². The maximum Gasteiger partial charge on any atom is 0.276 e. The Kier molecular flexibility index (Phi) is 3.86. The molecule has 1 aromatic carbocycles. The lowest BCUT2D eigenvalue weighted by molar-refractivity contribution is 0.0741. The van der Waals surface area contributed by atoms with Gasteiger partial charge in [0.25, 0.3) is 5.91 Å². The molecule has 6 nitrogen and oxygen atoms in total. The van der Waals surface area contributed by atoms with Crippen LogP contribution in [0.1, 0.15) is 10.5 Å². The Morgan fingerprint density at radius 3 is 2.45 bits per heavy atom. The van der Waals surface area contributed by atoms with Crippen molar-refractivity contribution in [3.63, 3.8) is 0 Å². The van der Waals surface area contributed by atoms with Gasteiger partial charge in [-0.1, -0.05) is 12.1 Å². The minimum Gasteiger partial charge on any atom is -0.382 e. The van der Waals surface area contributed by atoms with Gasteiger partial charge in [0.1, 0.15) is 5.82 Å². The third kappa shape index (κ3) is 2.69. The van der Waals surface area contributed by atoms with Gasteiger partial charge in [0.05, 0.1) is 5.69 Å². The summed E-state index contributed by atoms with van der Waals surface area (Å²) in [5, 5.41) is 0. The molecule has 1 aliphatic rings. The number of amides is 1. The lowest BCUT2D eigenvalue weighted by Gasteiger charge is -2.36. The summed E-state index contributed by atoms with van der Waals surface area (Å²) in [5.41, 5.74) is 6.42. The molecule has 114 valence electrons. The molecule has 1 amide bonds. The first kappa shape index (κ1) is 14.2. The quantitative estimate of drug-likeness (QED) is 0.901. The highest BCUT2D eigenvalue weighted by Crippen LogP contribution is 2.20. The summed E-state index contributed by atoms with van der Waals surface area (Å²) in [6, 6.07) is 6.65. The molecular formula is C15H16FN5O. The second-order valence-electron chi connectivity index (χ2n) is 5.02. The van der Waals surface area contributed by atoms with Gasteiger partial charge in [0, 0.05) is 38.6 Å². The lowest BCUT2D eigenvalue weighted by Crippen LogP contribution is -2.49. The fourth-order valence-corrected chi connectivity index (χ4v) is 2.52. The average Bonchev–Trinajstić information content (AvgIpc) is 2.55. The maximum atomic E-state index is 13.8. The molecule has 0 atom stereocenters. The van der Waals surface area contributed by atoms with Crippen molar-refractivity contribution in [3.05, 3.63) is 48.2 Å². The first-order valence-electron chi connectivity index (χ1n) is 7.02. The predicted octanol–water partition coefficient (Wildman–Crippen LogP) is 1.16. The normalized spacial score (nSPS) is 15.0. The van der Waals surface area contributed by atoms with Crippen molar-refractivity contribution < 1.29 is 9.18 Å². The van der Waals surface area contributed by atoms with Gasteiger partial charge in [-0.15, -0.1) is 0 Å². The van der Waals surface area contributed by atoms with Crippen LogP contribution in [0.3, 0.4) is 0 Å². The summed E-state index contributed by atoms with van der Waals surface area (Å²) in [6.07, 6.45) is 2.89. The highest BCUT2D eigenvalue weighted by molar-refractivity contribution is 5.96. The molecule has 1 saturated heterocycles. The molecule has 0 bridgehead atoms. The number of rotatable bonds is 2. The number of carbonyl (C=O) groups is 1. The van der Waals surface area contributed by atoms with E-state index in [0.717, 1.165) is 0 Å². The number of anilines is 2. The van der Waals surface area contributed by atoms with Gasteiger partial charge >= 0.3 is 0 Å². The first-order valence-corrected chi connectivity index (χ1v) is 7.02. The molecule has 7 heteroatoms. The zero-order valence-corrected chi connectivity index (χ0v) is 11.9. The van der Waals surface area contributed by atoms with E-state index >= 15 is 0 Å². The van der Waals surface area contributed by atoms with E-state index in [1.54, 1.807) is 23.1 Å². The van der Waals surface area contributed by atoms with Gasteiger partial charge in [0.15, 0.2) is 11.5 Å². The number of para-hydroxylation sites is 1. The minimum atomic E-state index is -0.250. The molecule has 22 heavy (non-hydrogen) atoms. The number of nitrogens with zero attached hydrogens (tertiary/aromatic N) is 4. The number of aromatic nitrogens is 2. The summed E-state index contributed by atoms with van der Waals surface area (Å²) in [7, 11) is 0. The van der Waals surface area contributed by atoms with E-state index in [9.17, 15) is 9.18 Å². The SMILES string of the molecule is Nc1nccnc1C(=O)N1CCN(c2ccccc2F)CC1. The van der Waals surface area contributed by atoms with Crippen molar-refractivity contribution in [3.8, 4) is 0 Å². The van der Waals surface area contributed by atoms with Crippen molar-refractivity contribution in [1.82, 2.24) is 14.9 Å². The number of piperazine rings is 1. The topological polar surface area (TPSA) is 75.3 Å². The summed E-state index contributed by atoms with van der Waals surface area (Å²) in [6.45, 7) is 2.10. The molecule has 2 aromatic rings. The number of benzene rings is 1. The van der Waals surface area contributed by atoms with Gasteiger partial charge in [-0.2, -0.15) is 0 Å². The van der Waals surface area contributed by atoms with Crippen LogP contribution in [0.2, 0.25) is 0 Å². The standard InChI is InChI=1S/C15H16FN5O/c16-11-3-1-2-4-12(11)20-7-9-21(10-8-20)15(22)13-14(17)19-6-5-18-13/h1-6H,7-10H2,(H2,17,19). The van der Waals surface area contributed by atoms with Crippen LogP contribution in [0.25, 0.3) is 0 Å². The Balaban J connectivity index is 1.68. The third-order valence-electron chi connectivity index (χ3n) is 3.69. The molecule has 2 heterocycles. The van der Waals surface area contributed by atoms with Crippen molar-refractivity contribution in [2.45, 2.75) is 0 Å². The number of carbonyl (C=O) groups excluding carboxylic acids is 1. The Morgan fingerprint density at radius 1 is 1.09 bits per heavy atom. The van der Waals surface area contributed by atoms with Crippen LogP contribution in [0.4, 0.5) is 15.9 Å². The van der Waals surface area contributed by atoms with Crippen molar-refractivity contribution in [1.29, 1.82) is 0 Å². The highest BCUT2D eigenvalue weighted by atomic mass is 19.1. The van der Waals surface area contributed by atoms with Crippen molar-refractivity contribution in [2.24, 2.45) is 0 Å². The number of hydrogen-bond acceptors (Lipinski definition) is 5. The molecule has 0 unspecified atom stereocenters. The van der Waals surface area contributed by atoms with E-state index in [1.165, 1.54) is 18.5 Å². The summed E-state index contributed by atoms with van der Waals surface area (Å²) in [5.74, 6) is -0.358. The molecule has 0 radical (unpaired) electrons. The van der Waals surface area contributed by atoms with Crippen LogP contribution in [0, 0.1) is 5.82 Å². The molecule has 1 aromatic heterocycles. The summed E-state index contributed by atoms with van der Waals surface area (Å²) >= 11 is 0. The predicted molar refractivity (Wildman–Crippen MR) is 81.0 cm³/mol. The van der Waals surface area contributed by atoms with Crippen LogP contribution in [-0.4, -0.2) is 47.0 Å². The maximum absolute atomic E-state index is 13.8. The van der Waals surface area contributed by atoms with Crippen LogP contribution in [0.5, 0.6) is 0 Å². The fourth-order valence-electron chi connectivity index (χ4n) is 2.52. The number of halogens is 1. The Labute approximate surface area is 127 Å². The molecule has 0 aliphatic carbocycles. The monoisotopic (exact) mass is 301 g/mol. The minimum absolute atomic E-state index is 0.129. The van der Waals surface area contributed by atoms with E-state index in [4.69, 9.17) is 5.73 Å². The fraction of sp³-hybridized carbons (Fsp3) is 0.267.